The Morgan fingerprint density at radius 1 is 1.18 bits per heavy atom. The Bertz CT molecular complexity index is 251. The van der Waals surface area contributed by atoms with E-state index in [1.165, 1.54) is 0 Å². The van der Waals surface area contributed by atoms with Gasteiger partial charge in [0.05, 0.1) is 11.6 Å². The van der Waals surface area contributed by atoms with Crippen LogP contribution in [-0.4, -0.2) is 22.7 Å². The number of hydrogen-bond acceptors (Lipinski definition) is 2. The molecule has 0 aromatic carbocycles. The highest BCUT2D eigenvalue weighted by atomic mass is 16.3. The van der Waals surface area contributed by atoms with E-state index in [1.807, 2.05) is 13.8 Å². The Hall–Kier alpha value is -0.570. The van der Waals surface area contributed by atoms with Crippen molar-refractivity contribution in [2.45, 2.75) is 73.0 Å². The smallest absolute Gasteiger partial charge is 0.220 e. The Kier molecular flexibility index (Phi) is 5.66. The predicted molar refractivity (Wildman–Crippen MR) is 71.8 cm³/mol. The molecule has 0 saturated carbocycles. The van der Waals surface area contributed by atoms with Crippen molar-refractivity contribution in [1.82, 2.24) is 5.32 Å². The minimum absolute atomic E-state index is 0.0210. The minimum Gasteiger partial charge on any atom is -0.391 e. The van der Waals surface area contributed by atoms with Gasteiger partial charge >= 0.3 is 0 Å². The molecule has 0 rings (SSSR count). The van der Waals surface area contributed by atoms with Crippen LogP contribution in [0.25, 0.3) is 0 Å². The fourth-order valence-electron chi connectivity index (χ4n) is 1.95. The number of amides is 1. The third kappa shape index (κ3) is 7.37. The van der Waals surface area contributed by atoms with Crippen molar-refractivity contribution in [1.29, 1.82) is 0 Å². The van der Waals surface area contributed by atoms with E-state index in [0.29, 0.717) is 12.3 Å². The highest BCUT2D eigenvalue weighted by Gasteiger charge is 2.27. The molecule has 2 N–H and O–H groups in total. The minimum atomic E-state index is -0.557. The number of aliphatic hydroxyl groups excluding tert-OH is 1. The summed E-state index contributed by atoms with van der Waals surface area (Å²) in [6.07, 6.45) is 0.993. The fourth-order valence-corrected chi connectivity index (χ4v) is 1.95. The molecule has 3 heteroatoms. The van der Waals surface area contributed by atoms with Crippen molar-refractivity contribution in [3.8, 4) is 0 Å². The number of aliphatic hydroxyl groups is 1. The first-order valence-electron chi connectivity index (χ1n) is 6.43. The summed E-state index contributed by atoms with van der Waals surface area (Å²) in [7, 11) is 0. The Labute approximate surface area is 106 Å². The van der Waals surface area contributed by atoms with Gasteiger partial charge in [0.15, 0.2) is 0 Å². The molecule has 0 aliphatic heterocycles. The molecule has 3 nitrogen and oxygen atoms in total. The van der Waals surface area contributed by atoms with Crippen molar-refractivity contribution >= 4 is 5.91 Å². The molecule has 0 spiro atoms. The highest BCUT2D eigenvalue weighted by molar-refractivity contribution is 5.77. The van der Waals surface area contributed by atoms with E-state index >= 15 is 0 Å². The second-order valence-electron chi connectivity index (χ2n) is 7.02. The zero-order valence-corrected chi connectivity index (χ0v) is 12.4. The second-order valence-corrected chi connectivity index (χ2v) is 7.02. The van der Waals surface area contributed by atoms with Crippen LogP contribution in [0.2, 0.25) is 0 Å². The van der Waals surface area contributed by atoms with Crippen molar-refractivity contribution in [3.05, 3.63) is 0 Å². The average molecular weight is 243 g/mol. The zero-order chi connectivity index (χ0) is 13.9. The van der Waals surface area contributed by atoms with E-state index in [0.717, 1.165) is 6.42 Å². The Balaban J connectivity index is 4.20. The second kappa shape index (κ2) is 5.85. The van der Waals surface area contributed by atoms with Crippen LogP contribution >= 0.6 is 0 Å². The first-order chi connectivity index (χ1) is 7.44. The molecule has 0 saturated heterocycles. The lowest BCUT2D eigenvalue weighted by Gasteiger charge is -2.30. The Morgan fingerprint density at radius 2 is 1.65 bits per heavy atom. The van der Waals surface area contributed by atoms with Crippen LogP contribution in [0.5, 0.6) is 0 Å². The molecule has 0 bridgehead atoms. The summed E-state index contributed by atoms with van der Waals surface area (Å²) in [5.74, 6) is 0.382. The van der Waals surface area contributed by atoms with Crippen LogP contribution in [0.15, 0.2) is 0 Å². The molecular weight excluding hydrogens is 214 g/mol. The molecule has 2 atom stereocenters. The van der Waals surface area contributed by atoms with Gasteiger partial charge in [-0.25, -0.2) is 0 Å². The first-order valence-corrected chi connectivity index (χ1v) is 6.43. The van der Waals surface area contributed by atoms with Gasteiger partial charge < -0.3 is 10.4 Å². The fraction of sp³-hybridized carbons (Fsp3) is 0.929. The number of hydrogen-bond donors (Lipinski definition) is 2. The molecule has 0 fully saturated rings. The van der Waals surface area contributed by atoms with Crippen molar-refractivity contribution in [2.75, 3.05) is 0 Å². The van der Waals surface area contributed by atoms with Crippen LogP contribution in [0.4, 0.5) is 0 Å². The molecule has 102 valence electrons. The van der Waals surface area contributed by atoms with Gasteiger partial charge in [-0.05, 0) is 38.5 Å². The van der Waals surface area contributed by atoms with E-state index < -0.39 is 11.6 Å². The molecule has 1 amide bonds. The quantitative estimate of drug-likeness (QED) is 0.780. The number of rotatable bonds is 5. The summed E-state index contributed by atoms with van der Waals surface area (Å²) in [6.45, 7) is 14.0. The zero-order valence-electron chi connectivity index (χ0n) is 12.4. The molecule has 0 radical (unpaired) electrons. The van der Waals surface area contributed by atoms with Crippen molar-refractivity contribution in [2.24, 2.45) is 11.3 Å². The van der Waals surface area contributed by atoms with E-state index in [1.54, 1.807) is 6.92 Å². The van der Waals surface area contributed by atoms with Crippen LogP contribution < -0.4 is 5.32 Å². The third-order valence-corrected chi connectivity index (χ3v) is 3.00. The molecule has 0 aromatic rings. The topological polar surface area (TPSA) is 49.3 Å². The molecule has 17 heavy (non-hydrogen) atoms. The Morgan fingerprint density at radius 3 is 2.00 bits per heavy atom. The highest BCUT2D eigenvalue weighted by Crippen LogP contribution is 2.26. The molecule has 0 heterocycles. The standard InChI is InChI=1S/C14H29NO2/c1-10(9-13(3,4)5)8-12(17)15-14(6,7)11(2)16/h10-11,16H,8-9H2,1-7H3,(H,15,17). The molecule has 0 aliphatic carbocycles. The lowest BCUT2D eigenvalue weighted by Crippen LogP contribution is -2.51. The SMILES string of the molecule is CC(CC(=O)NC(C)(C)C(C)O)CC(C)(C)C. The predicted octanol–water partition coefficient (Wildman–Crippen LogP) is 2.72. The maximum atomic E-state index is 11.8. The van der Waals surface area contributed by atoms with Gasteiger partial charge in [0, 0.05) is 6.42 Å². The van der Waals surface area contributed by atoms with Gasteiger partial charge in [-0.3, -0.25) is 4.79 Å². The van der Waals surface area contributed by atoms with Gasteiger partial charge in [0.2, 0.25) is 5.91 Å². The van der Waals surface area contributed by atoms with E-state index in [-0.39, 0.29) is 11.3 Å². The maximum absolute atomic E-state index is 11.8. The van der Waals surface area contributed by atoms with E-state index in [4.69, 9.17) is 0 Å². The summed E-state index contributed by atoms with van der Waals surface area (Å²) in [5, 5.41) is 12.4. The number of carbonyl (C=O) groups is 1. The lowest BCUT2D eigenvalue weighted by molar-refractivity contribution is -0.125. The number of nitrogens with one attached hydrogen (secondary N) is 1. The largest absolute Gasteiger partial charge is 0.391 e. The van der Waals surface area contributed by atoms with Gasteiger partial charge in [0.1, 0.15) is 0 Å². The van der Waals surface area contributed by atoms with Gasteiger partial charge in [-0.15, -0.1) is 0 Å². The molecular formula is C14H29NO2. The molecule has 0 aromatic heterocycles. The normalized spacial score (nSPS) is 16.5. The maximum Gasteiger partial charge on any atom is 0.220 e. The van der Waals surface area contributed by atoms with Gasteiger partial charge in [-0.1, -0.05) is 27.7 Å². The average Bonchev–Trinajstić information content (AvgIpc) is 1.96. The first kappa shape index (κ1) is 16.4. The van der Waals surface area contributed by atoms with Crippen LogP contribution in [0, 0.1) is 11.3 Å². The van der Waals surface area contributed by atoms with Crippen molar-refractivity contribution < 1.29 is 9.90 Å². The van der Waals surface area contributed by atoms with Crippen LogP contribution in [-0.2, 0) is 4.79 Å². The summed E-state index contributed by atoms with van der Waals surface area (Å²) in [6, 6.07) is 0. The van der Waals surface area contributed by atoms with E-state index in [9.17, 15) is 9.90 Å². The summed E-state index contributed by atoms with van der Waals surface area (Å²) >= 11 is 0. The number of carbonyl (C=O) groups excluding carboxylic acids is 1. The molecule has 0 aliphatic rings. The molecule has 2 unspecified atom stereocenters. The summed E-state index contributed by atoms with van der Waals surface area (Å²) in [4.78, 5) is 11.8. The van der Waals surface area contributed by atoms with Crippen LogP contribution in [0.1, 0.15) is 61.3 Å². The monoisotopic (exact) mass is 243 g/mol. The van der Waals surface area contributed by atoms with Gasteiger partial charge in [0.25, 0.3) is 0 Å². The van der Waals surface area contributed by atoms with Gasteiger partial charge in [-0.2, -0.15) is 0 Å². The third-order valence-electron chi connectivity index (χ3n) is 3.00. The van der Waals surface area contributed by atoms with Crippen LogP contribution in [0.3, 0.4) is 0 Å². The summed E-state index contributed by atoms with van der Waals surface area (Å²) < 4.78 is 0. The summed E-state index contributed by atoms with van der Waals surface area (Å²) in [5.41, 5.74) is -0.308. The van der Waals surface area contributed by atoms with Crippen molar-refractivity contribution in [3.63, 3.8) is 0 Å². The van der Waals surface area contributed by atoms with E-state index in [2.05, 4.69) is 33.0 Å². The lowest BCUT2D eigenvalue weighted by atomic mass is 9.84.